The Morgan fingerprint density at radius 2 is 1.52 bits per heavy atom. The Kier molecular flexibility index (Phi) is 6.26. The quantitative estimate of drug-likeness (QED) is 0.496. The molecule has 2 saturated carbocycles. The number of carbonyl (C=O) groups is 2. The number of aliphatic carboxylic acids is 1. The summed E-state index contributed by atoms with van der Waals surface area (Å²) in [5.74, 6) is -3.04. The van der Waals surface area contributed by atoms with Gasteiger partial charge in [-0.25, -0.2) is 4.79 Å². The third-order valence-corrected chi connectivity index (χ3v) is 6.38. The van der Waals surface area contributed by atoms with E-state index in [0.29, 0.717) is 31.6 Å². The van der Waals surface area contributed by atoms with E-state index >= 15 is 0 Å². The Balaban J connectivity index is 2.20. The number of nitrogens with zero attached hydrogens (tertiary/aromatic N) is 2. The minimum atomic E-state index is -1.98. The van der Waals surface area contributed by atoms with Crippen LogP contribution in [0, 0.1) is 5.92 Å². The van der Waals surface area contributed by atoms with Crippen molar-refractivity contribution in [3.05, 3.63) is 26.4 Å². The molecule has 1 heterocycles. The molecule has 1 aromatic heterocycles. The van der Waals surface area contributed by atoms with Gasteiger partial charge in [0, 0.05) is 12.1 Å². The van der Waals surface area contributed by atoms with Crippen LogP contribution in [0.2, 0.25) is 0 Å². The molecule has 2 fully saturated rings. The van der Waals surface area contributed by atoms with Gasteiger partial charge >= 0.3 is 11.7 Å². The van der Waals surface area contributed by atoms with E-state index in [1.165, 1.54) is 0 Å². The van der Waals surface area contributed by atoms with Crippen molar-refractivity contribution >= 4 is 11.8 Å². The van der Waals surface area contributed by atoms with E-state index in [-0.39, 0.29) is 12.1 Å². The Hall–Kier alpha value is -2.42. The van der Waals surface area contributed by atoms with Gasteiger partial charge in [-0.1, -0.05) is 26.2 Å². The van der Waals surface area contributed by atoms with Crippen molar-refractivity contribution in [1.29, 1.82) is 0 Å². The molecule has 1 unspecified atom stereocenters. The highest BCUT2D eigenvalue weighted by Crippen LogP contribution is 2.33. The number of rotatable bonds is 5. The maximum absolute atomic E-state index is 13.3. The van der Waals surface area contributed by atoms with E-state index in [4.69, 9.17) is 10.8 Å². The first-order chi connectivity index (χ1) is 13.7. The zero-order chi connectivity index (χ0) is 21.3. The van der Waals surface area contributed by atoms with Crippen molar-refractivity contribution in [3.8, 4) is 5.88 Å². The molecule has 2 aliphatic carbocycles. The molecule has 9 nitrogen and oxygen atoms in total. The molecule has 0 aromatic carbocycles. The number of aromatic nitrogens is 2. The third-order valence-electron chi connectivity index (χ3n) is 6.38. The summed E-state index contributed by atoms with van der Waals surface area (Å²) in [5.41, 5.74) is 3.19. The highest BCUT2D eigenvalue weighted by Gasteiger charge is 2.35. The monoisotopic (exact) mass is 407 g/mol. The van der Waals surface area contributed by atoms with Crippen LogP contribution >= 0.6 is 0 Å². The maximum atomic E-state index is 13.3. The molecule has 29 heavy (non-hydrogen) atoms. The van der Waals surface area contributed by atoms with E-state index in [9.17, 15) is 24.3 Å². The van der Waals surface area contributed by atoms with Crippen LogP contribution in [0.25, 0.3) is 0 Å². The van der Waals surface area contributed by atoms with E-state index in [1.54, 1.807) is 0 Å². The Bertz CT molecular complexity index is 904. The zero-order valence-corrected chi connectivity index (χ0v) is 16.7. The molecule has 0 bridgehead atoms. The second-order valence-electron chi connectivity index (χ2n) is 8.41. The molecular weight excluding hydrogens is 378 g/mol. The molecular formula is C20H29N3O6. The van der Waals surface area contributed by atoms with E-state index in [1.807, 2.05) is 0 Å². The molecule has 1 aromatic rings. The number of hydrogen-bond donors (Lipinski definition) is 3. The van der Waals surface area contributed by atoms with Crippen molar-refractivity contribution in [2.75, 3.05) is 0 Å². The lowest BCUT2D eigenvalue weighted by Crippen LogP contribution is -2.49. The molecule has 0 saturated heterocycles. The van der Waals surface area contributed by atoms with Gasteiger partial charge in [-0.15, -0.1) is 0 Å². The third kappa shape index (κ3) is 4.01. The highest BCUT2D eigenvalue weighted by atomic mass is 16.4. The Labute approximate surface area is 168 Å². The van der Waals surface area contributed by atoms with E-state index < -0.39 is 40.5 Å². The molecule has 0 spiro atoms. The van der Waals surface area contributed by atoms with Crippen molar-refractivity contribution in [3.63, 3.8) is 0 Å². The number of nitrogens with two attached hydrogens (primary N) is 1. The van der Waals surface area contributed by atoms with Crippen LogP contribution < -0.4 is 17.0 Å². The largest absolute Gasteiger partial charge is 0.494 e. The lowest BCUT2D eigenvalue weighted by Gasteiger charge is -2.30. The van der Waals surface area contributed by atoms with Gasteiger partial charge < -0.3 is 15.9 Å². The first-order valence-corrected chi connectivity index (χ1v) is 10.4. The predicted octanol–water partition coefficient (Wildman–Crippen LogP) is 1.57. The van der Waals surface area contributed by atoms with E-state index in [2.05, 4.69) is 6.92 Å². The minimum absolute atomic E-state index is 0.335. The molecule has 3 rings (SSSR count). The van der Waals surface area contributed by atoms with Crippen molar-refractivity contribution < 1.29 is 19.8 Å². The van der Waals surface area contributed by atoms with Gasteiger partial charge in [0.1, 0.15) is 5.56 Å². The van der Waals surface area contributed by atoms with Gasteiger partial charge in [0.05, 0.1) is 0 Å². The normalized spacial score (nSPS) is 24.2. The summed E-state index contributed by atoms with van der Waals surface area (Å²) >= 11 is 0. The van der Waals surface area contributed by atoms with Gasteiger partial charge in [0.2, 0.25) is 11.7 Å². The van der Waals surface area contributed by atoms with Gasteiger partial charge in [0.15, 0.2) is 6.04 Å². The van der Waals surface area contributed by atoms with Gasteiger partial charge in [-0.2, -0.15) is 0 Å². The molecule has 9 heteroatoms. The Morgan fingerprint density at radius 3 is 2.07 bits per heavy atom. The fourth-order valence-electron chi connectivity index (χ4n) is 4.60. The summed E-state index contributed by atoms with van der Waals surface area (Å²) in [7, 11) is 0. The standard InChI is InChI=1S/C20H29N3O6/c1-11-7-9-13(10-8-11)23-18(26)14(16(24)15(21)19(27)28)17(25)22(20(23)29)12-5-3-2-4-6-12/h11-13,15,25H,2-10,21H2,1H3,(H,27,28). The molecule has 0 amide bonds. The average Bonchev–Trinajstić information content (AvgIpc) is 2.69. The lowest BCUT2D eigenvalue weighted by molar-refractivity contribution is -0.137. The summed E-state index contributed by atoms with van der Waals surface area (Å²) in [6.45, 7) is 2.11. The summed E-state index contributed by atoms with van der Waals surface area (Å²) < 4.78 is 2.18. The summed E-state index contributed by atoms with van der Waals surface area (Å²) in [4.78, 5) is 50.3. The Morgan fingerprint density at radius 1 is 0.966 bits per heavy atom. The van der Waals surface area contributed by atoms with Gasteiger partial charge in [-0.05, 0) is 44.4 Å². The van der Waals surface area contributed by atoms with Crippen molar-refractivity contribution in [2.45, 2.75) is 82.8 Å². The zero-order valence-electron chi connectivity index (χ0n) is 16.7. The van der Waals surface area contributed by atoms with Crippen LogP contribution in [0.5, 0.6) is 5.88 Å². The first kappa shape index (κ1) is 21.3. The smallest absolute Gasteiger partial charge is 0.334 e. The number of aromatic hydroxyl groups is 1. The maximum Gasteiger partial charge on any atom is 0.334 e. The van der Waals surface area contributed by atoms with Crippen molar-refractivity contribution in [2.24, 2.45) is 11.7 Å². The fraction of sp³-hybridized carbons (Fsp3) is 0.700. The molecule has 0 radical (unpaired) electrons. The number of carbonyl (C=O) groups excluding carboxylic acids is 1. The minimum Gasteiger partial charge on any atom is -0.494 e. The van der Waals surface area contributed by atoms with Crippen molar-refractivity contribution in [1.82, 2.24) is 9.13 Å². The number of carboxylic acids is 1. The highest BCUT2D eigenvalue weighted by molar-refractivity contribution is 6.12. The molecule has 0 aliphatic heterocycles. The van der Waals surface area contributed by atoms with Crippen LogP contribution in [0.15, 0.2) is 9.59 Å². The topological polar surface area (TPSA) is 145 Å². The van der Waals surface area contributed by atoms with Gasteiger partial charge in [-0.3, -0.25) is 23.5 Å². The summed E-state index contributed by atoms with van der Waals surface area (Å²) in [6, 6.07) is -2.70. The number of ketones is 1. The van der Waals surface area contributed by atoms with E-state index in [0.717, 1.165) is 41.2 Å². The molecule has 2 aliphatic rings. The van der Waals surface area contributed by atoms with Crippen LogP contribution in [-0.4, -0.2) is 37.1 Å². The van der Waals surface area contributed by atoms with Crippen LogP contribution in [-0.2, 0) is 4.79 Å². The SMILES string of the molecule is CC1CCC(n2c(=O)c(C(=O)C(N)C(=O)O)c(O)n(C3CCCCC3)c2=O)CC1. The van der Waals surface area contributed by atoms with Crippen LogP contribution in [0.3, 0.4) is 0 Å². The molecule has 4 N–H and O–H groups in total. The second kappa shape index (κ2) is 8.52. The van der Waals surface area contributed by atoms with Gasteiger partial charge in [0.25, 0.3) is 5.56 Å². The van der Waals surface area contributed by atoms with Crippen LogP contribution in [0.1, 0.15) is 87.2 Å². The number of hydrogen-bond acceptors (Lipinski definition) is 6. The molecule has 1 atom stereocenters. The lowest BCUT2D eigenvalue weighted by atomic mass is 9.87. The number of Topliss-reactive ketones (excluding diaryl/α,β-unsaturated/α-hetero) is 1. The van der Waals surface area contributed by atoms with Crippen LogP contribution in [0.4, 0.5) is 0 Å². The first-order valence-electron chi connectivity index (χ1n) is 10.4. The fourth-order valence-corrected chi connectivity index (χ4v) is 4.60. The predicted molar refractivity (Wildman–Crippen MR) is 105 cm³/mol. The average molecular weight is 407 g/mol. The summed E-state index contributed by atoms with van der Waals surface area (Å²) in [6.07, 6.45) is 6.97. The number of carboxylic acid groups (broad SMARTS) is 1. The second-order valence-corrected chi connectivity index (χ2v) is 8.41. The molecule has 160 valence electrons. The summed E-state index contributed by atoms with van der Waals surface area (Å²) in [5, 5.41) is 19.9.